The first-order chi connectivity index (χ1) is 15.9. The van der Waals surface area contributed by atoms with Crippen molar-refractivity contribution < 1.29 is 13.5 Å². The summed E-state index contributed by atoms with van der Waals surface area (Å²) >= 11 is 1.57. The number of fused-ring (bicyclic) bond motifs is 1. The molecule has 0 bridgehead atoms. The molecule has 1 saturated heterocycles. The van der Waals surface area contributed by atoms with Gasteiger partial charge in [0.2, 0.25) is 5.95 Å². The molecular weight excluding hydrogens is 460 g/mol. The molecule has 0 spiro atoms. The topological polar surface area (TPSA) is 121 Å². The lowest BCUT2D eigenvalue weighted by atomic mass is 9.93. The van der Waals surface area contributed by atoms with E-state index in [2.05, 4.69) is 15.2 Å². The van der Waals surface area contributed by atoms with Crippen molar-refractivity contribution in [2.45, 2.75) is 50.8 Å². The number of hydrogen-bond acceptors (Lipinski definition) is 10. The second-order valence-corrected chi connectivity index (χ2v) is 12.2. The summed E-state index contributed by atoms with van der Waals surface area (Å²) in [4.78, 5) is 21.7. The maximum absolute atomic E-state index is 11.8. The highest BCUT2D eigenvalue weighted by atomic mass is 32.2. The number of aliphatic hydroxyl groups excluding tert-OH is 1. The maximum atomic E-state index is 11.8. The van der Waals surface area contributed by atoms with Gasteiger partial charge in [0, 0.05) is 38.3 Å². The number of pyridine rings is 1. The Morgan fingerprint density at radius 1 is 1.09 bits per heavy atom. The number of aliphatic hydroxyl groups is 1. The Bertz CT molecular complexity index is 1180. The standard InChI is InChI=1S/C22H28N6O3S2/c29-18-5-3-15(4-6-18)24-22-25-16(13-20-27-19-2-1-7-23-21(19)32-20)12-17(26-22)14-28-8-10-33(30,31)11-9-28/h1-2,7,12,15,18,29H,3-6,8-11,13-14H2,(H,24,25,26). The van der Waals surface area contributed by atoms with Crippen LogP contribution in [0.2, 0.25) is 0 Å². The molecule has 0 unspecified atom stereocenters. The molecule has 9 nitrogen and oxygen atoms in total. The van der Waals surface area contributed by atoms with Gasteiger partial charge >= 0.3 is 0 Å². The largest absolute Gasteiger partial charge is 0.393 e. The summed E-state index contributed by atoms with van der Waals surface area (Å²) in [7, 11) is -2.92. The second kappa shape index (κ2) is 9.57. The highest BCUT2D eigenvalue weighted by Crippen LogP contribution is 2.24. The molecule has 33 heavy (non-hydrogen) atoms. The van der Waals surface area contributed by atoms with Gasteiger partial charge in [0.1, 0.15) is 15.4 Å². The van der Waals surface area contributed by atoms with Gasteiger partial charge in [-0.3, -0.25) is 4.90 Å². The lowest BCUT2D eigenvalue weighted by Gasteiger charge is -2.27. The Morgan fingerprint density at radius 2 is 1.85 bits per heavy atom. The average molecular weight is 489 g/mol. The molecule has 4 heterocycles. The van der Waals surface area contributed by atoms with E-state index in [4.69, 9.17) is 15.0 Å². The summed E-state index contributed by atoms with van der Waals surface area (Å²) in [6.45, 7) is 1.63. The minimum atomic E-state index is -2.92. The normalized spacial score (nSPS) is 23.5. The van der Waals surface area contributed by atoms with Gasteiger partial charge in [-0.25, -0.2) is 28.4 Å². The zero-order chi connectivity index (χ0) is 22.8. The summed E-state index contributed by atoms with van der Waals surface area (Å²) in [6, 6.07) is 6.08. The molecule has 2 fully saturated rings. The summed E-state index contributed by atoms with van der Waals surface area (Å²) in [6.07, 6.45) is 5.48. The van der Waals surface area contributed by atoms with Crippen molar-refractivity contribution in [3.63, 3.8) is 0 Å². The van der Waals surface area contributed by atoms with Crippen LogP contribution >= 0.6 is 11.3 Å². The third-order valence-electron chi connectivity index (χ3n) is 6.23. The van der Waals surface area contributed by atoms with Crippen LogP contribution in [0.1, 0.15) is 42.1 Å². The molecule has 0 aromatic carbocycles. The molecule has 2 N–H and O–H groups in total. The van der Waals surface area contributed by atoms with Crippen LogP contribution in [0, 0.1) is 0 Å². The number of sulfone groups is 1. The van der Waals surface area contributed by atoms with Crippen molar-refractivity contribution in [2.24, 2.45) is 0 Å². The molecular formula is C22H28N6O3S2. The molecule has 0 amide bonds. The monoisotopic (exact) mass is 488 g/mol. The van der Waals surface area contributed by atoms with Gasteiger partial charge in [0.15, 0.2) is 9.84 Å². The smallest absolute Gasteiger partial charge is 0.223 e. The molecule has 1 aliphatic heterocycles. The van der Waals surface area contributed by atoms with Crippen LogP contribution in [0.15, 0.2) is 24.4 Å². The van der Waals surface area contributed by atoms with E-state index in [0.29, 0.717) is 32.0 Å². The van der Waals surface area contributed by atoms with Gasteiger partial charge in [-0.15, -0.1) is 0 Å². The highest BCUT2D eigenvalue weighted by molar-refractivity contribution is 7.91. The number of nitrogens with one attached hydrogen (secondary N) is 1. The van der Waals surface area contributed by atoms with Crippen molar-refractivity contribution in [3.05, 3.63) is 40.8 Å². The second-order valence-electron chi connectivity index (χ2n) is 8.86. The summed E-state index contributed by atoms with van der Waals surface area (Å²) in [5.74, 6) is 0.978. The SMILES string of the molecule is O=S1(=O)CCN(Cc2cc(Cc3nc4cccnc4s3)nc(NC3CCC(O)CC3)n2)CC1. The fourth-order valence-corrected chi connectivity index (χ4v) is 6.57. The van der Waals surface area contributed by atoms with Crippen LogP contribution in [-0.2, 0) is 22.8 Å². The van der Waals surface area contributed by atoms with Gasteiger partial charge in [-0.2, -0.15) is 0 Å². The van der Waals surface area contributed by atoms with Gasteiger partial charge in [-0.1, -0.05) is 11.3 Å². The van der Waals surface area contributed by atoms with E-state index >= 15 is 0 Å². The third-order valence-corrected chi connectivity index (χ3v) is 8.82. The van der Waals surface area contributed by atoms with Crippen molar-refractivity contribution >= 4 is 37.5 Å². The molecule has 0 atom stereocenters. The zero-order valence-electron chi connectivity index (χ0n) is 18.4. The fourth-order valence-electron chi connectivity index (χ4n) is 4.38. The molecule has 5 rings (SSSR count). The lowest BCUT2D eigenvalue weighted by molar-refractivity contribution is 0.126. The predicted molar refractivity (Wildman–Crippen MR) is 128 cm³/mol. The van der Waals surface area contributed by atoms with E-state index in [1.54, 1.807) is 17.5 Å². The molecule has 176 valence electrons. The van der Waals surface area contributed by atoms with E-state index < -0.39 is 9.84 Å². The number of aromatic nitrogens is 4. The van der Waals surface area contributed by atoms with E-state index in [1.165, 1.54) is 0 Å². The Kier molecular flexibility index (Phi) is 6.55. The average Bonchev–Trinajstić information content (AvgIpc) is 3.19. The van der Waals surface area contributed by atoms with E-state index in [-0.39, 0.29) is 23.7 Å². The number of anilines is 1. The molecule has 11 heteroatoms. The summed E-state index contributed by atoms with van der Waals surface area (Å²) < 4.78 is 23.6. The minimum absolute atomic E-state index is 0.194. The molecule has 1 aliphatic carbocycles. The van der Waals surface area contributed by atoms with Crippen molar-refractivity contribution in [2.75, 3.05) is 29.9 Å². The van der Waals surface area contributed by atoms with Crippen LogP contribution < -0.4 is 5.32 Å². The third kappa shape index (κ3) is 5.84. The van der Waals surface area contributed by atoms with Crippen LogP contribution in [0.3, 0.4) is 0 Å². The first-order valence-corrected chi connectivity index (χ1v) is 14.0. The molecule has 3 aromatic heterocycles. The highest BCUT2D eigenvalue weighted by Gasteiger charge is 2.23. The summed E-state index contributed by atoms with van der Waals surface area (Å²) in [5, 5.41) is 14.2. The quantitative estimate of drug-likeness (QED) is 0.537. The molecule has 0 radical (unpaired) electrons. The molecule has 1 saturated carbocycles. The van der Waals surface area contributed by atoms with E-state index in [9.17, 15) is 13.5 Å². The minimum Gasteiger partial charge on any atom is -0.393 e. The fraction of sp³-hybridized carbons (Fsp3) is 0.545. The number of rotatable bonds is 6. The maximum Gasteiger partial charge on any atom is 0.223 e. The van der Waals surface area contributed by atoms with Gasteiger partial charge in [0.05, 0.1) is 29.0 Å². The van der Waals surface area contributed by atoms with Crippen molar-refractivity contribution in [1.82, 2.24) is 24.8 Å². The van der Waals surface area contributed by atoms with Crippen LogP contribution in [0.4, 0.5) is 5.95 Å². The van der Waals surface area contributed by atoms with Gasteiger partial charge < -0.3 is 10.4 Å². The van der Waals surface area contributed by atoms with Crippen LogP contribution in [0.5, 0.6) is 0 Å². The first-order valence-electron chi connectivity index (χ1n) is 11.4. The molecule has 3 aromatic rings. The van der Waals surface area contributed by atoms with Gasteiger partial charge in [0.25, 0.3) is 0 Å². The Balaban J connectivity index is 1.37. The first kappa shape index (κ1) is 22.6. The Hall–Kier alpha value is -2.21. The number of hydrogen-bond donors (Lipinski definition) is 2. The van der Waals surface area contributed by atoms with Crippen molar-refractivity contribution in [3.8, 4) is 0 Å². The number of nitrogens with zero attached hydrogens (tertiary/aromatic N) is 5. The summed E-state index contributed by atoms with van der Waals surface area (Å²) in [5.41, 5.74) is 2.64. The molecule has 2 aliphatic rings. The Labute approximate surface area is 197 Å². The van der Waals surface area contributed by atoms with E-state index in [1.807, 2.05) is 18.2 Å². The van der Waals surface area contributed by atoms with Crippen molar-refractivity contribution in [1.29, 1.82) is 0 Å². The van der Waals surface area contributed by atoms with Gasteiger partial charge in [-0.05, 0) is 43.9 Å². The predicted octanol–water partition coefficient (Wildman–Crippen LogP) is 2.02. The van der Waals surface area contributed by atoms with Crippen LogP contribution in [0.25, 0.3) is 10.3 Å². The zero-order valence-corrected chi connectivity index (χ0v) is 20.0. The van der Waals surface area contributed by atoms with E-state index in [0.717, 1.165) is 52.4 Å². The Morgan fingerprint density at radius 3 is 2.61 bits per heavy atom. The van der Waals surface area contributed by atoms with Crippen LogP contribution in [-0.4, -0.2) is 75.1 Å². The number of thiazole rings is 1. The lowest BCUT2D eigenvalue weighted by Crippen LogP contribution is -2.40.